The number of carbonyl (C=O) groups is 1. The summed E-state index contributed by atoms with van der Waals surface area (Å²) in [5.41, 5.74) is 1.80. The number of nitrogens with zero attached hydrogens (tertiary/aromatic N) is 1. The second-order valence-corrected chi connectivity index (χ2v) is 8.54. The first-order chi connectivity index (χ1) is 12.9. The first kappa shape index (κ1) is 19.7. The lowest BCUT2D eigenvalue weighted by atomic mass is 10.2. The van der Waals surface area contributed by atoms with E-state index in [-0.39, 0.29) is 22.9 Å². The van der Waals surface area contributed by atoms with E-state index in [1.165, 1.54) is 12.1 Å². The summed E-state index contributed by atoms with van der Waals surface area (Å²) in [6.07, 6.45) is 2.22. The molecule has 1 aliphatic heterocycles. The molecule has 0 radical (unpaired) electrons. The van der Waals surface area contributed by atoms with Crippen LogP contribution in [0.2, 0.25) is 5.02 Å². The summed E-state index contributed by atoms with van der Waals surface area (Å²) in [6, 6.07) is 11.4. The van der Waals surface area contributed by atoms with Crippen LogP contribution in [-0.4, -0.2) is 34.0 Å². The maximum absolute atomic E-state index is 12.7. The molecule has 0 aromatic heterocycles. The van der Waals surface area contributed by atoms with Crippen LogP contribution >= 0.6 is 11.6 Å². The highest BCUT2D eigenvalue weighted by Gasteiger charge is 2.19. The number of hydrogen-bond acceptors (Lipinski definition) is 4. The van der Waals surface area contributed by atoms with E-state index in [9.17, 15) is 13.2 Å². The minimum Gasteiger partial charge on any atom is -0.370 e. The van der Waals surface area contributed by atoms with Crippen molar-refractivity contribution in [3.63, 3.8) is 0 Å². The highest BCUT2D eigenvalue weighted by molar-refractivity contribution is 7.89. The first-order valence-corrected chi connectivity index (χ1v) is 10.7. The van der Waals surface area contributed by atoms with Gasteiger partial charge in [0.25, 0.3) is 5.91 Å². The van der Waals surface area contributed by atoms with E-state index in [2.05, 4.69) is 14.9 Å². The summed E-state index contributed by atoms with van der Waals surface area (Å²) >= 11 is 6.12. The Bertz CT molecular complexity index is 941. The predicted molar refractivity (Wildman–Crippen MR) is 108 cm³/mol. The minimum atomic E-state index is -3.63. The van der Waals surface area contributed by atoms with E-state index < -0.39 is 10.0 Å². The van der Waals surface area contributed by atoms with Crippen LogP contribution in [0.1, 0.15) is 30.1 Å². The molecule has 0 unspecified atom stereocenters. The molecule has 0 aliphatic carbocycles. The van der Waals surface area contributed by atoms with Crippen LogP contribution in [0.3, 0.4) is 0 Å². The monoisotopic (exact) mass is 407 g/mol. The van der Waals surface area contributed by atoms with Gasteiger partial charge in [0.05, 0.1) is 16.3 Å². The lowest BCUT2D eigenvalue weighted by Crippen LogP contribution is -2.24. The molecule has 2 aromatic carbocycles. The van der Waals surface area contributed by atoms with Gasteiger partial charge in [-0.3, -0.25) is 4.79 Å². The molecule has 1 fully saturated rings. The summed E-state index contributed by atoms with van der Waals surface area (Å²) in [5.74, 6) is -0.383. The fraction of sp³-hybridized carbons (Fsp3) is 0.316. The zero-order valence-corrected chi connectivity index (χ0v) is 16.6. The van der Waals surface area contributed by atoms with Crippen LogP contribution in [0.4, 0.5) is 11.4 Å². The van der Waals surface area contributed by atoms with Crippen molar-refractivity contribution in [3.8, 4) is 0 Å². The third-order valence-corrected chi connectivity index (χ3v) is 6.17. The van der Waals surface area contributed by atoms with Crippen LogP contribution in [-0.2, 0) is 10.0 Å². The second kappa shape index (κ2) is 8.29. The molecule has 1 saturated heterocycles. The molecule has 0 atom stereocenters. The fourth-order valence-electron chi connectivity index (χ4n) is 3.11. The maximum atomic E-state index is 12.7. The summed E-state index contributed by atoms with van der Waals surface area (Å²) in [4.78, 5) is 15.0. The molecule has 2 aromatic rings. The van der Waals surface area contributed by atoms with Gasteiger partial charge in [0.2, 0.25) is 10.0 Å². The van der Waals surface area contributed by atoms with Gasteiger partial charge in [-0.15, -0.1) is 0 Å². The van der Waals surface area contributed by atoms with E-state index in [1.807, 2.05) is 6.07 Å². The molecular weight excluding hydrogens is 386 g/mol. The second-order valence-electron chi connectivity index (χ2n) is 6.34. The molecule has 1 amide bonds. The topological polar surface area (TPSA) is 78.5 Å². The van der Waals surface area contributed by atoms with Crippen molar-refractivity contribution in [2.45, 2.75) is 24.7 Å². The number of sulfonamides is 1. The van der Waals surface area contributed by atoms with E-state index in [4.69, 9.17) is 11.6 Å². The summed E-state index contributed by atoms with van der Waals surface area (Å²) < 4.78 is 26.8. The molecule has 2 N–H and O–H groups in total. The number of halogens is 1. The molecule has 0 saturated carbocycles. The van der Waals surface area contributed by atoms with Gasteiger partial charge in [0.15, 0.2) is 0 Å². The van der Waals surface area contributed by atoms with E-state index in [0.717, 1.165) is 31.6 Å². The molecule has 1 heterocycles. The largest absolute Gasteiger partial charge is 0.370 e. The van der Waals surface area contributed by atoms with E-state index in [1.54, 1.807) is 31.2 Å². The normalized spacial score (nSPS) is 14.4. The Morgan fingerprint density at radius 3 is 2.59 bits per heavy atom. The van der Waals surface area contributed by atoms with Gasteiger partial charge in [-0.25, -0.2) is 13.1 Å². The van der Waals surface area contributed by atoms with Crippen molar-refractivity contribution in [1.29, 1.82) is 0 Å². The van der Waals surface area contributed by atoms with Gasteiger partial charge in [-0.1, -0.05) is 24.6 Å². The van der Waals surface area contributed by atoms with Gasteiger partial charge in [-0.2, -0.15) is 0 Å². The van der Waals surface area contributed by atoms with Crippen molar-refractivity contribution in [1.82, 2.24) is 4.72 Å². The van der Waals surface area contributed by atoms with Crippen molar-refractivity contribution >= 4 is 38.9 Å². The quantitative estimate of drug-likeness (QED) is 0.768. The van der Waals surface area contributed by atoms with Crippen LogP contribution < -0.4 is 14.9 Å². The number of nitrogens with one attached hydrogen (secondary N) is 2. The Hall–Kier alpha value is -2.09. The Labute approximate surface area is 164 Å². The Kier molecular flexibility index (Phi) is 6.04. The van der Waals surface area contributed by atoms with Gasteiger partial charge >= 0.3 is 0 Å². The van der Waals surface area contributed by atoms with Gasteiger partial charge in [-0.05, 0) is 49.2 Å². The summed E-state index contributed by atoms with van der Waals surface area (Å²) in [5, 5.41) is 3.40. The maximum Gasteiger partial charge on any atom is 0.255 e. The van der Waals surface area contributed by atoms with Gasteiger partial charge in [0.1, 0.15) is 0 Å². The number of hydrogen-bond donors (Lipinski definition) is 2. The van der Waals surface area contributed by atoms with Crippen LogP contribution in [0.15, 0.2) is 47.4 Å². The van der Waals surface area contributed by atoms with Crippen LogP contribution in [0, 0.1) is 0 Å². The highest BCUT2D eigenvalue weighted by atomic mass is 35.5. The lowest BCUT2D eigenvalue weighted by Gasteiger charge is -2.22. The van der Waals surface area contributed by atoms with Crippen molar-refractivity contribution in [3.05, 3.63) is 53.1 Å². The number of amides is 1. The predicted octanol–water partition coefficient (Wildman–Crippen LogP) is 3.49. The molecular formula is C19H22ClN3O3S. The SMILES string of the molecule is CCNS(=O)(=O)c1cccc(C(=O)Nc2cc(Cl)ccc2N2CCCC2)c1. The fourth-order valence-corrected chi connectivity index (χ4v) is 4.37. The Morgan fingerprint density at radius 1 is 1.15 bits per heavy atom. The zero-order valence-electron chi connectivity index (χ0n) is 15.0. The van der Waals surface area contributed by atoms with Crippen molar-refractivity contribution in [2.24, 2.45) is 0 Å². The zero-order chi connectivity index (χ0) is 19.4. The number of benzene rings is 2. The molecule has 27 heavy (non-hydrogen) atoms. The van der Waals surface area contributed by atoms with E-state index >= 15 is 0 Å². The van der Waals surface area contributed by atoms with Crippen LogP contribution in [0.25, 0.3) is 0 Å². The molecule has 1 aliphatic rings. The first-order valence-electron chi connectivity index (χ1n) is 8.86. The molecule has 144 valence electrons. The van der Waals surface area contributed by atoms with Crippen molar-refractivity contribution in [2.75, 3.05) is 29.9 Å². The summed E-state index contributed by atoms with van der Waals surface area (Å²) in [7, 11) is -3.63. The third kappa shape index (κ3) is 4.61. The minimum absolute atomic E-state index is 0.0582. The van der Waals surface area contributed by atoms with Crippen LogP contribution in [0.5, 0.6) is 0 Å². The molecule has 8 heteroatoms. The third-order valence-electron chi connectivity index (χ3n) is 4.39. The average molecular weight is 408 g/mol. The average Bonchev–Trinajstić information content (AvgIpc) is 3.16. The van der Waals surface area contributed by atoms with Crippen molar-refractivity contribution < 1.29 is 13.2 Å². The smallest absolute Gasteiger partial charge is 0.255 e. The molecule has 3 rings (SSSR count). The Morgan fingerprint density at radius 2 is 1.89 bits per heavy atom. The van der Waals surface area contributed by atoms with Gasteiger partial charge in [0, 0.05) is 30.2 Å². The standard InChI is InChI=1S/C19H22ClN3O3S/c1-2-21-27(25,26)16-7-5-6-14(12-16)19(24)22-17-13-15(20)8-9-18(17)23-10-3-4-11-23/h5-9,12-13,21H,2-4,10-11H2,1H3,(H,22,24). The lowest BCUT2D eigenvalue weighted by molar-refractivity contribution is 0.102. The molecule has 0 bridgehead atoms. The van der Waals surface area contributed by atoms with Gasteiger partial charge < -0.3 is 10.2 Å². The highest BCUT2D eigenvalue weighted by Crippen LogP contribution is 2.32. The number of anilines is 2. The number of rotatable bonds is 6. The molecule has 6 nitrogen and oxygen atoms in total. The number of carbonyl (C=O) groups excluding carboxylic acids is 1. The van der Waals surface area contributed by atoms with E-state index in [0.29, 0.717) is 10.7 Å². The molecule has 0 spiro atoms. The summed E-state index contributed by atoms with van der Waals surface area (Å²) in [6.45, 7) is 3.84. The Balaban J connectivity index is 1.87.